The van der Waals surface area contributed by atoms with E-state index < -0.39 is 0 Å². The van der Waals surface area contributed by atoms with E-state index in [1.807, 2.05) is 0 Å². The molecule has 1 heterocycles. The van der Waals surface area contributed by atoms with Crippen molar-refractivity contribution >= 4 is 37.5 Å². The number of piperazine rings is 1. The van der Waals surface area contributed by atoms with Crippen LogP contribution >= 0.6 is 21.8 Å². The number of hydrogen-bond acceptors (Lipinski definition) is 2. The Morgan fingerprint density at radius 3 is 2.56 bits per heavy atom. The Balaban J connectivity index is 2.08. The maximum absolute atomic E-state index is 3.37. The SMILES string of the molecule is I[SiH2][SiH2]N1CCNCC1. The summed E-state index contributed by atoms with van der Waals surface area (Å²) in [6.07, 6.45) is 0. The monoisotopic (exact) mass is 272 g/mol. The Morgan fingerprint density at radius 1 is 1.33 bits per heavy atom. The van der Waals surface area contributed by atoms with E-state index in [4.69, 9.17) is 0 Å². The number of rotatable bonds is 2. The van der Waals surface area contributed by atoms with Gasteiger partial charge in [0.25, 0.3) is 0 Å². The van der Waals surface area contributed by atoms with Crippen molar-refractivity contribution in [3.8, 4) is 0 Å². The molecule has 0 radical (unpaired) electrons. The van der Waals surface area contributed by atoms with Gasteiger partial charge in [0, 0.05) is 26.2 Å². The topological polar surface area (TPSA) is 15.3 Å². The van der Waals surface area contributed by atoms with Gasteiger partial charge in [0.2, 0.25) is 0 Å². The van der Waals surface area contributed by atoms with Crippen molar-refractivity contribution in [2.75, 3.05) is 26.2 Å². The molecule has 0 saturated carbocycles. The van der Waals surface area contributed by atoms with Crippen LogP contribution in [0.4, 0.5) is 0 Å². The van der Waals surface area contributed by atoms with Crippen molar-refractivity contribution in [1.29, 1.82) is 0 Å². The lowest BCUT2D eigenvalue weighted by Crippen LogP contribution is -2.46. The third kappa shape index (κ3) is 3.12. The van der Waals surface area contributed by atoms with E-state index in [-0.39, 0.29) is 0 Å². The first-order chi connectivity index (χ1) is 4.43. The lowest BCUT2D eigenvalue weighted by atomic mass is 10.4. The molecule has 1 saturated heterocycles. The van der Waals surface area contributed by atoms with Gasteiger partial charge in [0.15, 0.2) is 0 Å². The molecule has 54 valence electrons. The summed E-state index contributed by atoms with van der Waals surface area (Å²) < 4.78 is 2.70. The quantitative estimate of drug-likeness (QED) is 0.370. The lowest BCUT2D eigenvalue weighted by molar-refractivity contribution is 0.380. The van der Waals surface area contributed by atoms with Gasteiger partial charge in [-0.15, -0.1) is 21.8 Å². The molecule has 0 amide bonds. The minimum Gasteiger partial charge on any atom is -0.328 e. The Bertz CT molecular complexity index is 74.2. The number of nitrogens with one attached hydrogen (secondary N) is 1. The van der Waals surface area contributed by atoms with Gasteiger partial charge in [-0.3, -0.25) is 0 Å². The fourth-order valence-corrected chi connectivity index (χ4v) is 10.3. The Labute approximate surface area is 73.5 Å². The molecular formula is C4H13IN2Si2. The summed E-state index contributed by atoms with van der Waals surface area (Å²) in [6, 6.07) is 0. The Morgan fingerprint density at radius 2 is 2.00 bits per heavy atom. The van der Waals surface area contributed by atoms with Gasteiger partial charge in [0.1, 0.15) is 0 Å². The maximum atomic E-state index is 3.37. The molecule has 1 N–H and O–H groups in total. The highest BCUT2D eigenvalue weighted by Crippen LogP contribution is 1.89. The minimum absolute atomic E-state index is 0.295. The predicted octanol–water partition coefficient (Wildman–Crippen LogP) is -1.59. The van der Waals surface area contributed by atoms with Crippen molar-refractivity contribution in [2.24, 2.45) is 0 Å². The average Bonchev–Trinajstić information content (AvgIpc) is 1.91. The maximum Gasteiger partial charge on any atom is 0.0973 e. The van der Waals surface area contributed by atoms with Gasteiger partial charge in [-0.1, -0.05) is 0 Å². The van der Waals surface area contributed by atoms with Crippen LogP contribution in [0.25, 0.3) is 0 Å². The average molecular weight is 272 g/mol. The number of halogens is 1. The van der Waals surface area contributed by atoms with Crippen LogP contribution in [0.3, 0.4) is 0 Å². The standard InChI is InChI=1S/C4H13IN2Si2/c5-8-9-7-3-1-6-2-4-7/h6H,1-4,8-9H2. The zero-order valence-corrected chi connectivity index (χ0v) is 10.6. The minimum atomic E-state index is 0.295. The van der Waals surface area contributed by atoms with Gasteiger partial charge in [-0.2, -0.15) is 0 Å². The van der Waals surface area contributed by atoms with Gasteiger partial charge in [0.05, 0.1) is 15.7 Å². The summed E-state index contributed by atoms with van der Waals surface area (Å²) in [7, 11) is 0.295. The smallest absolute Gasteiger partial charge is 0.0973 e. The highest BCUT2D eigenvalue weighted by atomic mass is 127. The molecule has 0 atom stereocenters. The first-order valence-corrected chi connectivity index (χ1v) is 13.2. The van der Waals surface area contributed by atoms with Gasteiger partial charge < -0.3 is 9.88 Å². The molecule has 5 heteroatoms. The van der Waals surface area contributed by atoms with E-state index in [2.05, 4.69) is 31.7 Å². The van der Waals surface area contributed by atoms with Crippen LogP contribution in [0.5, 0.6) is 0 Å². The second kappa shape index (κ2) is 4.83. The molecule has 1 aliphatic heterocycles. The third-order valence-electron chi connectivity index (χ3n) is 1.61. The largest absolute Gasteiger partial charge is 0.328 e. The molecule has 1 fully saturated rings. The molecule has 2 nitrogen and oxygen atoms in total. The van der Waals surface area contributed by atoms with Crippen molar-refractivity contribution < 1.29 is 0 Å². The second-order valence-electron chi connectivity index (χ2n) is 2.28. The van der Waals surface area contributed by atoms with Crippen LogP contribution < -0.4 is 5.32 Å². The van der Waals surface area contributed by atoms with Crippen molar-refractivity contribution in [1.82, 2.24) is 9.88 Å². The normalized spacial score (nSPS) is 25.0. The second-order valence-corrected chi connectivity index (χ2v) is 16.2. The summed E-state index contributed by atoms with van der Waals surface area (Å²) in [5.41, 5.74) is 0. The Kier molecular flexibility index (Phi) is 4.39. The summed E-state index contributed by atoms with van der Waals surface area (Å²) >= 11 is 2.63. The van der Waals surface area contributed by atoms with Crippen molar-refractivity contribution in [3.05, 3.63) is 0 Å². The molecule has 1 aliphatic rings. The highest BCUT2D eigenvalue weighted by molar-refractivity contribution is 14.1. The van der Waals surface area contributed by atoms with E-state index in [0.717, 1.165) is 0 Å². The van der Waals surface area contributed by atoms with Crippen molar-refractivity contribution in [3.63, 3.8) is 0 Å². The first kappa shape index (κ1) is 8.18. The fourth-order valence-electron chi connectivity index (χ4n) is 1.05. The third-order valence-corrected chi connectivity index (χ3v) is 9.79. The summed E-state index contributed by atoms with van der Waals surface area (Å²) in [4.78, 5) is 0. The summed E-state index contributed by atoms with van der Waals surface area (Å²) in [5, 5.41) is 3.37. The molecule has 9 heavy (non-hydrogen) atoms. The van der Waals surface area contributed by atoms with Crippen LogP contribution in [-0.4, -0.2) is 46.5 Å². The molecule has 0 aromatic heterocycles. The predicted molar refractivity (Wildman–Crippen MR) is 55.6 cm³/mol. The molecule has 0 unspecified atom stereocenters. The van der Waals surface area contributed by atoms with Crippen LogP contribution in [0.2, 0.25) is 0 Å². The zero-order valence-electron chi connectivity index (χ0n) is 5.57. The van der Waals surface area contributed by atoms with Crippen LogP contribution in [0, 0.1) is 0 Å². The molecule has 0 aromatic carbocycles. The first-order valence-electron chi connectivity index (χ1n) is 3.42. The van der Waals surface area contributed by atoms with Crippen LogP contribution in [0.15, 0.2) is 0 Å². The molecule has 0 spiro atoms. The van der Waals surface area contributed by atoms with Gasteiger partial charge in [-0.05, 0) is 0 Å². The van der Waals surface area contributed by atoms with E-state index >= 15 is 0 Å². The fraction of sp³-hybridized carbons (Fsp3) is 1.00. The van der Waals surface area contributed by atoms with Crippen LogP contribution in [0.1, 0.15) is 0 Å². The molecular weight excluding hydrogens is 259 g/mol. The van der Waals surface area contributed by atoms with E-state index in [1.165, 1.54) is 26.2 Å². The van der Waals surface area contributed by atoms with E-state index in [0.29, 0.717) is 15.7 Å². The lowest BCUT2D eigenvalue weighted by Gasteiger charge is -2.26. The van der Waals surface area contributed by atoms with Crippen LogP contribution in [-0.2, 0) is 0 Å². The molecule has 0 aromatic rings. The summed E-state index contributed by atoms with van der Waals surface area (Å²) in [5.74, 6) is 0. The number of hydrogen-bond donors (Lipinski definition) is 1. The molecule has 0 aliphatic carbocycles. The van der Waals surface area contributed by atoms with E-state index in [1.54, 1.807) is 0 Å². The number of nitrogens with zero attached hydrogens (tertiary/aromatic N) is 1. The Hall–Kier alpha value is 1.08. The van der Waals surface area contributed by atoms with Gasteiger partial charge in [-0.25, -0.2) is 0 Å². The molecule has 1 rings (SSSR count). The van der Waals surface area contributed by atoms with Gasteiger partial charge >= 0.3 is 0 Å². The molecule has 0 bridgehead atoms. The summed E-state index contributed by atoms with van der Waals surface area (Å²) in [6.45, 7) is 5.52. The van der Waals surface area contributed by atoms with Crippen molar-refractivity contribution in [2.45, 2.75) is 0 Å². The highest BCUT2D eigenvalue weighted by Gasteiger charge is 2.07. The van der Waals surface area contributed by atoms with E-state index in [9.17, 15) is 0 Å². The zero-order chi connectivity index (χ0) is 6.53.